The topological polar surface area (TPSA) is 59.1 Å². The maximum absolute atomic E-state index is 12.7. The van der Waals surface area contributed by atoms with Gasteiger partial charge in [-0.2, -0.15) is 0 Å². The van der Waals surface area contributed by atoms with Crippen LogP contribution in [0.3, 0.4) is 0 Å². The summed E-state index contributed by atoms with van der Waals surface area (Å²) in [6.07, 6.45) is 4.40. The molecule has 1 unspecified atom stereocenters. The Morgan fingerprint density at radius 3 is 2.11 bits per heavy atom. The van der Waals surface area contributed by atoms with Crippen molar-refractivity contribution < 1.29 is 19.1 Å². The van der Waals surface area contributed by atoms with Crippen molar-refractivity contribution in [3.8, 4) is 11.5 Å². The lowest BCUT2D eigenvalue weighted by atomic mass is 9.94. The van der Waals surface area contributed by atoms with Crippen molar-refractivity contribution in [3.63, 3.8) is 0 Å². The highest BCUT2D eigenvalue weighted by molar-refractivity contribution is 5.82. The van der Waals surface area contributed by atoms with Crippen LogP contribution in [-0.2, 0) is 9.59 Å². The first kappa shape index (κ1) is 19.5. The summed E-state index contributed by atoms with van der Waals surface area (Å²) < 4.78 is 10.9. The Bertz CT molecular complexity index is 632. The third-order valence-electron chi connectivity index (χ3n) is 5.54. The van der Waals surface area contributed by atoms with Crippen molar-refractivity contribution in [2.45, 2.75) is 45.1 Å². The molecule has 6 heteroatoms. The van der Waals surface area contributed by atoms with Crippen LogP contribution >= 0.6 is 0 Å². The molecule has 27 heavy (non-hydrogen) atoms. The molecule has 6 nitrogen and oxygen atoms in total. The maximum atomic E-state index is 12.7. The average molecular weight is 374 g/mol. The van der Waals surface area contributed by atoms with Gasteiger partial charge in [0, 0.05) is 32.1 Å². The molecule has 3 rings (SSSR count). The number of carbonyl (C=O) groups excluding carboxylic acids is 2. The van der Waals surface area contributed by atoms with Gasteiger partial charge in [0.05, 0.1) is 7.11 Å². The van der Waals surface area contributed by atoms with Crippen molar-refractivity contribution in [2.24, 2.45) is 5.92 Å². The predicted molar refractivity (Wildman–Crippen MR) is 103 cm³/mol. The van der Waals surface area contributed by atoms with Crippen LogP contribution < -0.4 is 9.47 Å². The van der Waals surface area contributed by atoms with Gasteiger partial charge in [-0.05, 0) is 63.3 Å². The molecular formula is C21H30N2O4. The number of benzene rings is 1. The molecule has 2 aliphatic rings. The van der Waals surface area contributed by atoms with Gasteiger partial charge in [-0.15, -0.1) is 0 Å². The highest BCUT2D eigenvalue weighted by Crippen LogP contribution is 2.23. The van der Waals surface area contributed by atoms with Crippen molar-refractivity contribution in [3.05, 3.63) is 24.3 Å². The number of amides is 2. The van der Waals surface area contributed by atoms with Crippen molar-refractivity contribution >= 4 is 11.8 Å². The van der Waals surface area contributed by atoms with Crippen LogP contribution in [0.5, 0.6) is 11.5 Å². The minimum Gasteiger partial charge on any atom is -0.497 e. The molecule has 2 fully saturated rings. The Hall–Kier alpha value is -2.24. The molecule has 0 aromatic heterocycles. The van der Waals surface area contributed by atoms with Gasteiger partial charge in [-0.3, -0.25) is 9.59 Å². The number of piperidine rings is 2. The highest BCUT2D eigenvalue weighted by Gasteiger charge is 2.32. The molecule has 0 N–H and O–H groups in total. The van der Waals surface area contributed by atoms with Gasteiger partial charge in [-0.1, -0.05) is 0 Å². The van der Waals surface area contributed by atoms with Crippen molar-refractivity contribution in [1.82, 2.24) is 9.80 Å². The monoisotopic (exact) mass is 374 g/mol. The predicted octanol–water partition coefficient (Wildman–Crippen LogP) is 2.71. The largest absolute Gasteiger partial charge is 0.497 e. The van der Waals surface area contributed by atoms with Crippen LogP contribution in [0.4, 0.5) is 0 Å². The normalized spacial score (nSPS) is 19.5. The Morgan fingerprint density at radius 1 is 0.926 bits per heavy atom. The van der Waals surface area contributed by atoms with Crippen molar-refractivity contribution in [2.75, 3.05) is 33.3 Å². The van der Waals surface area contributed by atoms with E-state index in [0.717, 1.165) is 44.5 Å². The Morgan fingerprint density at radius 2 is 1.52 bits per heavy atom. The number of hydrogen-bond donors (Lipinski definition) is 0. The standard InChI is InChI=1S/C21H30N2O4/c1-16(27-19-8-6-18(26-2)7-9-19)20(24)23-14-10-17(11-15-23)21(25)22-12-4-3-5-13-22/h6-9,16-17H,3-5,10-15H2,1-2H3. The summed E-state index contributed by atoms with van der Waals surface area (Å²) in [6.45, 7) is 4.81. The SMILES string of the molecule is COc1ccc(OC(C)C(=O)N2CCC(C(=O)N3CCCCC3)CC2)cc1. The second-order valence-electron chi connectivity index (χ2n) is 7.42. The summed E-state index contributed by atoms with van der Waals surface area (Å²) in [5, 5.41) is 0. The molecule has 1 aromatic carbocycles. The Labute approximate surface area is 161 Å². The minimum atomic E-state index is -0.548. The molecule has 0 saturated carbocycles. The molecule has 0 bridgehead atoms. The summed E-state index contributed by atoms with van der Waals surface area (Å²) in [7, 11) is 1.61. The van der Waals surface area contributed by atoms with E-state index < -0.39 is 6.10 Å². The van der Waals surface area contributed by atoms with Crippen LogP contribution in [0.25, 0.3) is 0 Å². The summed E-state index contributed by atoms with van der Waals surface area (Å²) in [6, 6.07) is 7.22. The first-order valence-electron chi connectivity index (χ1n) is 9.97. The van der Waals surface area contributed by atoms with E-state index in [-0.39, 0.29) is 17.7 Å². The van der Waals surface area contributed by atoms with Crippen molar-refractivity contribution in [1.29, 1.82) is 0 Å². The van der Waals surface area contributed by atoms with E-state index in [2.05, 4.69) is 0 Å². The zero-order valence-corrected chi connectivity index (χ0v) is 16.4. The molecule has 0 radical (unpaired) electrons. The fraction of sp³-hybridized carbons (Fsp3) is 0.619. The molecule has 0 aliphatic carbocycles. The quantitative estimate of drug-likeness (QED) is 0.795. The van der Waals surface area contributed by atoms with Gasteiger partial charge in [0.2, 0.25) is 5.91 Å². The van der Waals surface area contributed by atoms with Gasteiger partial charge in [-0.25, -0.2) is 0 Å². The molecule has 0 spiro atoms. The number of carbonyl (C=O) groups is 2. The summed E-state index contributed by atoms with van der Waals surface area (Å²) in [5.41, 5.74) is 0. The van der Waals surface area contributed by atoms with Gasteiger partial charge in [0.1, 0.15) is 11.5 Å². The van der Waals surface area contributed by atoms with E-state index in [9.17, 15) is 9.59 Å². The lowest BCUT2D eigenvalue weighted by Gasteiger charge is -2.36. The molecular weight excluding hydrogens is 344 g/mol. The molecule has 2 saturated heterocycles. The second kappa shape index (κ2) is 9.11. The zero-order chi connectivity index (χ0) is 19.2. The minimum absolute atomic E-state index is 0.0188. The van der Waals surface area contributed by atoms with Gasteiger partial charge in [0.15, 0.2) is 6.10 Å². The van der Waals surface area contributed by atoms with E-state index in [1.807, 2.05) is 21.9 Å². The van der Waals surface area contributed by atoms with Crippen LogP contribution in [0, 0.1) is 5.92 Å². The first-order valence-corrected chi connectivity index (χ1v) is 9.97. The van der Waals surface area contributed by atoms with E-state index in [1.165, 1.54) is 6.42 Å². The summed E-state index contributed by atoms with van der Waals surface area (Å²) >= 11 is 0. The number of methoxy groups -OCH3 is 1. The molecule has 1 aromatic rings. The van der Waals surface area contributed by atoms with E-state index in [1.54, 1.807) is 26.2 Å². The zero-order valence-electron chi connectivity index (χ0n) is 16.4. The smallest absolute Gasteiger partial charge is 0.263 e. The highest BCUT2D eigenvalue weighted by atomic mass is 16.5. The van der Waals surface area contributed by atoms with Crippen LogP contribution in [0.2, 0.25) is 0 Å². The van der Waals surface area contributed by atoms with E-state index >= 15 is 0 Å². The summed E-state index contributed by atoms with van der Waals surface area (Å²) in [5.74, 6) is 1.72. The summed E-state index contributed by atoms with van der Waals surface area (Å²) in [4.78, 5) is 29.2. The van der Waals surface area contributed by atoms with Gasteiger partial charge in [0.25, 0.3) is 5.91 Å². The lowest BCUT2D eigenvalue weighted by molar-refractivity contribution is -0.144. The fourth-order valence-electron chi connectivity index (χ4n) is 3.89. The number of ether oxygens (including phenoxy) is 2. The Kier molecular flexibility index (Phi) is 6.58. The number of hydrogen-bond acceptors (Lipinski definition) is 4. The molecule has 2 aliphatic heterocycles. The number of rotatable bonds is 5. The molecule has 2 heterocycles. The third kappa shape index (κ3) is 4.93. The van der Waals surface area contributed by atoms with E-state index in [4.69, 9.17) is 9.47 Å². The molecule has 2 amide bonds. The number of nitrogens with zero attached hydrogens (tertiary/aromatic N) is 2. The van der Waals surface area contributed by atoms with Crippen LogP contribution in [0.15, 0.2) is 24.3 Å². The van der Waals surface area contributed by atoms with Gasteiger partial charge < -0.3 is 19.3 Å². The number of likely N-dealkylation sites (tertiary alicyclic amines) is 2. The molecule has 148 valence electrons. The van der Waals surface area contributed by atoms with E-state index in [0.29, 0.717) is 18.8 Å². The Balaban J connectivity index is 1.47. The average Bonchev–Trinajstić information content (AvgIpc) is 2.74. The fourth-order valence-corrected chi connectivity index (χ4v) is 3.89. The van der Waals surface area contributed by atoms with Crippen LogP contribution in [-0.4, -0.2) is 61.0 Å². The maximum Gasteiger partial charge on any atom is 0.263 e. The lowest BCUT2D eigenvalue weighted by Crippen LogP contribution is -2.48. The first-order chi connectivity index (χ1) is 13.1. The van der Waals surface area contributed by atoms with Crippen LogP contribution in [0.1, 0.15) is 39.0 Å². The molecule has 1 atom stereocenters. The second-order valence-corrected chi connectivity index (χ2v) is 7.42. The van der Waals surface area contributed by atoms with Gasteiger partial charge >= 0.3 is 0 Å². The third-order valence-corrected chi connectivity index (χ3v) is 5.54.